The maximum atomic E-state index is 11.8. The normalized spacial score (nSPS) is 10.2. The van der Waals surface area contributed by atoms with Gasteiger partial charge in [-0.05, 0) is 41.4 Å². The Kier molecular flexibility index (Phi) is 3.49. The third kappa shape index (κ3) is 2.88. The van der Waals surface area contributed by atoms with Gasteiger partial charge >= 0.3 is 0 Å². The van der Waals surface area contributed by atoms with Crippen molar-refractivity contribution < 1.29 is 13.9 Å². The first-order valence-electron chi connectivity index (χ1n) is 5.10. The summed E-state index contributed by atoms with van der Waals surface area (Å²) >= 11 is 5.62. The lowest BCUT2D eigenvalue weighted by atomic mass is 10.1. The van der Waals surface area contributed by atoms with Crippen LogP contribution in [0.4, 0.5) is 0 Å². The van der Waals surface area contributed by atoms with Crippen LogP contribution in [0.25, 0.3) is 0 Å². The van der Waals surface area contributed by atoms with Crippen molar-refractivity contribution in [2.75, 3.05) is 7.11 Å². The molecule has 0 aliphatic rings. The van der Waals surface area contributed by atoms with E-state index in [1.807, 2.05) is 24.3 Å². The third-order valence-electron chi connectivity index (χ3n) is 2.35. The van der Waals surface area contributed by atoms with Crippen LogP contribution in [0, 0.1) is 0 Å². The molecular weight excluding hydrogens is 240 g/mol. The SMILES string of the molecule is COc1cccc(CC(=O)c2ccc(Cl)o2)c1. The van der Waals surface area contributed by atoms with Crippen LogP contribution in [0.5, 0.6) is 5.75 Å². The molecule has 3 nitrogen and oxygen atoms in total. The first-order valence-corrected chi connectivity index (χ1v) is 5.48. The number of carbonyl (C=O) groups is 1. The molecule has 0 spiro atoms. The molecule has 4 heteroatoms. The maximum absolute atomic E-state index is 11.8. The number of halogens is 1. The average Bonchev–Trinajstić information content (AvgIpc) is 2.76. The van der Waals surface area contributed by atoms with Crippen molar-refractivity contribution in [3.05, 3.63) is 52.9 Å². The van der Waals surface area contributed by atoms with Crippen LogP contribution in [-0.4, -0.2) is 12.9 Å². The van der Waals surface area contributed by atoms with Gasteiger partial charge < -0.3 is 9.15 Å². The molecular formula is C13H11ClO3. The van der Waals surface area contributed by atoms with Crippen LogP contribution in [-0.2, 0) is 6.42 Å². The number of Topliss-reactive ketones (excluding diaryl/α,β-unsaturated/α-hetero) is 1. The highest BCUT2D eigenvalue weighted by Crippen LogP contribution is 2.17. The number of furan rings is 1. The van der Waals surface area contributed by atoms with Crippen molar-refractivity contribution in [3.8, 4) is 5.75 Å². The molecule has 1 aromatic heterocycles. The minimum absolute atomic E-state index is 0.106. The topological polar surface area (TPSA) is 39.4 Å². The zero-order chi connectivity index (χ0) is 12.3. The van der Waals surface area contributed by atoms with Crippen LogP contribution in [0.15, 0.2) is 40.8 Å². The van der Waals surface area contributed by atoms with E-state index in [2.05, 4.69) is 0 Å². The Bertz CT molecular complexity index is 531. The summed E-state index contributed by atoms with van der Waals surface area (Å²) in [6.45, 7) is 0. The number of hydrogen-bond donors (Lipinski definition) is 0. The summed E-state index contributed by atoms with van der Waals surface area (Å²) in [5, 5.41) is 0.221. The second-order valence-electron chi connectivity index (χ2n) is 3.56. The number of benzene rings is 1. The largest absolute Gasteiger partial charge is 0.497 e. The second-order valence-corrected chi connectivity index (χ2v) is 3.93. The summed E-state index contributed by atoms with van der Waals surface area (Å²) in [6, 6.07) is 10.5. The number of hydrogen-bond acceptors (Lipinski definition) is 3. The van der Waals surface area contributed by atoms with Crippen LogP contribution >= 0.6 is 11.6 Å². The molecule has 0 fully saturated rings. The van der Waals surface area contributed by atoms with E-state index in [0.29, 0.717) is 0 Å². The fraction of sp³-hybridized carbons (Fsp3) is 0.154. The number of ketones is 1. The maximum Gasteiger partial charge on any atom is 0.202 e. The molecule has 2 rings (SSSR count). The van der Waals surface area contributed by atoms with Gasteiger partial charge in [-0.2, -0.15) is 0 Å². The zero-order valence-electron chi connectivity index (χ0n) is 9.27. The first kappa shape index (κ1) is 11.7. The fourth-order valence-corrected chi connectivity index (χ4v) is 1.67. The smallest absolute Gasteiger partial charge is 0.202 e. The van der Waals surface area contributed by atoms with E-state index in [0.717, 1.165) is 11.3 Å². The molecule has 0 aliphatic heterocycles. The Morgan fingerprint density at radius 3 is 2.82 bits per heavy atom. The molecule has 0 unspecified atom stereocenters. The second kappa shape index (κ2) is 5.06. The standard InChI is InChI=1S/C13H11ClO3/c1-16-10-4-2-3-9(7-10)8-11(15)12-5-6-13(14)17-12/h2-7H,8H2,1H3. The lowest BCUT2D eigenvalue weighted by molar-refractivity contribution is 0.0966. The predicted molar refractivity (Wildman–Crippen MR) is 64.7 cm³/mol. The fourth-order valence-electron chi connectivity index (χ4n) is 1.52. The molecule has 2 aromatic rings. The van der Waals surface area contributed by atoms with Gasteiger partial charge in [-0.15, -0.1) is 0 Å². The molecule has 0 saturated heterocycles. The first-order chi connectivity index (χ1) is 8.19. The van der Waals surface area contributed by atoms with E-state index in [9.17, 15) is 4.79 Å². The van der Waals surface area contributed by atoms with Gasteiger partial charge in [-0.3, -0.25) is 4.79 Å². The third-order valence-corrected chi connectivity index (χ3v) is 2.55. The quantitative estimate of drug-likeness (QED) is 0.781. The summed E-state index contributed by atoms with van der Waals surface area (Å²) in [6.07, 6.45) is 0.265. The van der Waals surface area contributed by atoms with Gasteiger partial charge in [0.1, 0.15) is 5.75 Å². The molecule has 1 aromatic carbocycles. The summed E-state index contributed by atoms with van der Waals surface area (Å²) in [7, 11) is 1.59. The Labute approximate surface area is 104 Å². The van der Waals surface area contributed by atoms with E-state index in [1.54, 1.807) is 19.2 Å². The molecule has 0 bridgehead atoms. The van der Waals surface area contributed by atoms with Gasteiger partial charge in [0.05, 0.1) is 7.11 Å². The summed E-state index contributed by atoms with van der Waals surface area (Å²) in [5.41, 5.74) is 0.877. The summed E-state index contributed by atoms with van der Waals surface area (Å²) in [5.74, 6) is 0.899. The minimum atomic E-state index is -0.106. The summed E-state index contributed by atoms with van der Waals surface area (Å²) in [4.78, 5) is 11.8. The number of rotatable bonds is 4. The van der Waals surface area contributed by atoms with Crippen LogP contribution < -0.4 is 4.74 Å². The van der Waals surface area contributed by atoms with E-state index < -0.39 is 0 Å². The van der Waals surface area contributed by atoms with Gasteiger partial charge in [0.2, 0.25) is 5.78 Å². The Morgan fingerprint density at radius 2 is 2.18 bits per heavy atom. The molecule has 17 heavy (non-hydrogen) atoms. The molecule has 0 amide bonds. The predicted octanol–water partition coefficient (Wildman–Crippen LogP) is 3.37. The van der Waals surface area contributed by atoms with Gasteiger partial charge in [-0.25, -0.2) is 0 Å². The zero-order valence-corrected chi connectivity index (χ0v) is 10.0. The highest BCUT2D eigenvalue weighted by atomic mass is 35.5. The van der Waals surface area contributed by atoms with Gasteiger partial charge in [0.15, 0.2) is 11.0 Å². The lowest BCUT2D eigenvalue weighted by Crippen LogP contribution is -2.02. The van der Waals surface area contributed by atoms with Gasteiger partial charge in [0, 0.05) is 6.42 Å². The Balaban J connectivity index is 2.12. The molecule has 0 saturated carbocycles. The van der Waals surface area contributed by atoms with Crippen molar-refractivity contribution >= 4 is 17.4 Å². The molecule has 0 radical (unpaired) electrons. The lowest BCUT2D eigenvalue weighted by Gasteiger charge is -2.02. The Hall–Kier alpha value is -1.74. The minimum Gasteiger partial charge on any atom is -0.497 e. The molecule has 0 aliphatic carbocycles. The van der Waals surface area contributed by atoms with Crippen molar-refractivity contribution in [1.29, 1.82) is 0 Å². The van der Waals surface area contributed by atoms with Crippen molar-refractivity contribution in [1.82, 2.24) is 0 Å². The van der Waals surface area contributed by atoms with E-state index in [1.165, 1.54) is 0 Å². The Morgan fingerprint density at radius 1 is 1.35 bits per heavy atom. The number of carbonyl (C=O) groups excluding carboxylic acids is 1. The molecule has 0 atom stereocenters. The molecule has 0 N–H and O–H groups in total. The van der Waals surface area contributed by atoms with Crippen LogP contribution in [0.3, 0.4) is 0 Å². The van der Waals surface area contributed by atoms with Crippen molar-refractivity contribution in [2.45, 2.75) is 6.42 Å². The van der Waals surface area contributed by atoms with E-state index >= 15 is 0 Å². The van der Waals surface area contributed by atoms with E-state index in [-0.39, 0.29) is 23.2 Å². The highest BCUT2D eigenvalue weighted by Gasteiger charge is 2.11. The monoisotopic (exact) mass is 250 g/mol. The van der Waals surface area contributed by atoms with Crippen LogP contribution in [0.2, 0.25) is 5.22 Å². The molecule has 88 valence electrons. The van der Waals surface area contributed by atoms with Gasteiger partial charge in [0.25, 0.3) is 0 Å². The summed E-state index contributed by atoms with van der Waals surface area (Å²) < 4.78 is 10.1. The van der Waals surface area contributed by atoms with Crippen LogP contribution in [0.1, 0.15) is 16.1 Å². The van der Waals surface area contributed by atoms with Crippen molar-refractivity contribution in [3.63, 3.8) is 0 Å². The highest BCUT2D eigenvalue weighted by molar-refractivity contribution is 6.29. The average molecular weight is 251 g/mol. The number of methoxy groups -OCH3 is 1. The number of ether oxygens (including phenoxy) is 1. The van der Waals surface area contributed by atoms with Crippen molar-refractivity contribution in [2.24, 2.45) is 0 Å². The van der Waals surface area contributed by atoms with Gasteiger partial charge in [-0.1, -0.05) is 12.1 Å². The van der Waals surface area contributed by atoms with E-state index in [4.69, 9.17) is 20.8 Å². The molecule has 1 heterocycles.